The summed E-state index contributed by atoms with van der Waals surface area (Å²) in [5, 5.41) is 0. The van der Waals surface area contributed by atoms with Gasteiger partial charge in [-0.15, -0.1) is 0 Å². The van der Waals surface area contributed by atoms with E-state index in [0.717, 1.165) is 0 Å². The van der Waals surface area contributed by atoms with Crippen LogP contribution in [0, 0.1) is 21.7 Å². The third-order valence-electron chi connectivity index (χ3n) is 7.66. The van der Waals surface area contributed by atoms with E-state index in [1.165, 1.54) is 51.4 Å². The fourth-order valence-electron chi connectivity index (χ4n) is 1.000. The molecule has 0 aromatic heterocycles. The Labute approximate surface area is 184 Å². The van der Waals surface area contributed by atoms with Crippen molar-refractivity contribution in [2.45, 2.75) is 162 Å². The zero-order valence-electron chi connectivity index (χ0n) is 23.7. The Bertz CT molecular complexity index is 216. The molecule has 176 valence electrons. The van der Waals surface area contributed by atoms with Gasteiger partial charge in [-0.2, -0.15) is 0 Å². The van der Waals surface area contributed by atoms with Crippen LogP contribution in [-0.2, 0) is 0 Å². The molecular formula is C28H64. The minimum absolute atomic E-state index is 0.583. The van der Waals surface area contributed by atoms with Gasteiger partial charge in [0.15, 0.2) is 0 Å². The summed E-state index contributed by atoms with van der Waals surface area (Å²) in [5.41, 5.74) is 2.33. The van der Waals surface area contributed by atoms with Crippen molar-refractivity contribution in [3.8, 4) is 0 Å². The van der Waals surface area contributed by atoms with Crippen LogP contribution in [0.15, 0.2) is 0 Å². The average Bonchev–Trinajstić information content (AvgIpc) is 2.69. The summed E-state index contributed by atoms with van der Waals surface area (Å²) < 4.78 is 0. The van der Waals surface area contributed by atoms with E-state index in [-0.39, 0.29) is 0 Å². The van der Waals surface area contributed by atoms with Crippen molar-refractivity contribution in [2.75, 3.05) is 0 Å². The third kappa shape index (κ3) is 28.2. The fourth-order valence-corrected chi connectivity index (χ4v) is 1.000. The van der Waals surface area contributed by atoms with E-state index in [2.05, 4.69) is 111 Å². The van der Waals surface area contributed by atoms with E-state index in [0.29, 0.717) is 21.7 Å². The van der Waals surface area contributed by atoms with Crippen LogP contribution in [0.5, 0.6) is 0 Å². The van der Waals surface area contributed by atoms with Crippen molar-refractivity contribution < 1.29 is 0 Å². The topological polar surface area (TPSA) is 0 Å². The molecule has 0 unspecified atom stereocenters. The zero-order valence-corrected chi connectivity index (χ0v) is 23.7. The Morgan fingerprint density at radius 1 is 0.250 bits per heavy atom. The summed E-state index contributed by atoms with van der Waals surface area (Å²) in [6, 6.07) is 0. The van der Waals surface area contributed by atoms with E-state index in [1.54, 1.807) is 0 Å². The highest BCUT2D eigenvalue weighted by Crippen LogP contribution is 2.24. The lowest BCUT2D eigenvalue weighted by molar-refractivity contribution is 0.338. The summed E-state index contributed by atoms with van der Waals surface area (Å²) >= 11 is 0. The van der Waals surface area contributed by atoms with E-state index >= 15 is 0 Å². The van der Waals surface area contributed by atoms with Gasteiger partial charge in [-0.1, -0.05) is 162 Å². The van der Waals surface area contributed by atoms with Crippen LogP contribution in [0.2, 0.25) is 0 Å². The normalized spacial score (nSPS) is 12.0. The molecule has 0 heteroatoms. The van der Waals surface area contributed by atoms with Crippen molar-refractivity contribution in [3.63, 3.8) is 0 Å². The van der Waals surface area contributed by atoms with Crippen molar-refractivity contribution in [1.29, 1.82) is 0 Å². The smallest absolute Gasteiger partial charge is 0.0359 e. The van der Waals surface area contributed by atoms with Gasteiger partial charge in [0.2, 0.25) is 0 Å². The fraction of sp³-hybridized carbons (Fsp3) is 1.00. The molecule has 0 saturated carbocycles. The first-order valence-electron chi connectivity index (χ1n) is 12.5. The summed E-state index contributed by atoms with van der Waals surface area (Å²) in [6.07, 6.45) is 10.4. The molecule has 0 aliphatic heterocycles. The first-order chi connectivity index (χ1) is 12.5. The van der Waals surface area contributed by atoms with Gasteiger partial charge in [0.05, 0.1) is 0 Å². The molecule has 0 aromatic carbocycles. The molecule has 0 bridgehead atoms. The van der Waals surface area contributed by atoms with Gasteiger partial charge < -0.3 is 0 Å². The Morgan fingerprint density at radius 3 is 0.321 bits per heavy atom. The first kappa shape index (κ1) is 35.4. The maximum absolute atomic E-state index is 2.30. The lowest BCUT2D eigenvalue weighted by Crippen LogP contribution is -2.05. The minimum atomic E-state index is 0.583. The molecule has 0 atom stereocenters. The highest BCUT2D eigenvalue weighted by molar-refractivity contribution is 4.63. The Morgan fingerprint density at radius 2 is 0.321 bits per heavy atom. The molecule has 0 saturated heterocycles. The van der Waals surface area contributed by atoms with Gasteiger partial charge in [0.1, 0.15) is 0 Å². The Hall–Kier alpha value is 0. The highest BCUT2D eigenvalue weighted by Gasteiger charge is 2.11. The Kier molecular flexibility index (Phi) is 22.6. The van der Waals surface area contributed by atoms with Crippen LogP contribution >= 0.6 is 0 Å². The summed E-state index contributed by atoms with van der Waals surface area (Å²) in [4.78, 5) is 0. The van der Waals surface area contributed by atoms with Crippen LogP contribution < -0.4 is 0 Å². The monoisotopic (exact) mass is 401 g/mol. The molecule has 0 heterocycles. The lowest BCUT2D eigenvalue weighted by atomic mass is 9.88. The lowest BCUT2D eigenvalue weighted by Gasteiger charge is -2.18. The van der Waals surface area contributed by atoms with E-state index < -0.39 is 0 Å². The quantitative estimate of drug-likeness (QED) is 0.380. The molecule has 0 N–H and O–H groups in total. The molecule has 28 heavy (non-hydrogen) atoms. The van der Waals surface area contributed by atoms with Gasteiger partial charge in [-0.25, -0.2) is 0 Å². The van der Waals surface area contributed by atoms with Crippen molar-refractivity contribution in [3.05, 3.63) is 0 Å². The Balaban J connectivity index is -0.000000137. The van der Waals surface area contributed by atoms with Gasteiger partial charge in [0, 0.05) is 0 Å². The second kappa shape index (κ2) is 17.8. The second-order valence-corrected chi connectivity index (χ2v) is 11.5. The molecule has 0 radical (unpaired) electrons. The van der Waals surface area contributed by atoms with Gasteiger partial charge in [-0.05, 0) is 21.7 Å². The molecular weight excluding hydrogens is 336 g/mol. The minimum Gasteiger partial charge on any atom is -0.0649 e. The molecule has 0 aliphatic carbocycles. The molecule has 0 rings (SSSR count). The van der Waals surface area contributed by atoms with Crippen molar-refractivity contribution in [1.82, 2.24) is 0 Å². The number of hydrogen-bond donors (Lipinski definition) is 0. The molecule has 0 aromatic rings. The molecule has 0 aliphatic rings. The zero-order chi connectivity index (χ0) is 23.7. The molecule has 0 amide bonds. The molecule has 0 nitrogen and oxygen atoms in total. The predicted octanol–water partition coefficient (Wildman–Crippen LogP) is 11.3. The van der Waals surface area contributed by atoms with Crippen molar-refractivity contribution in [2.24, 2.45) is 21.7 Å². The third-order valence-corrected chi connectivity index (χ3v) is 7.66. The largest absolute Gasteiger partial charge is 0.0649 e. The molecule has 0 fully saturated rings. The SMILES string of the molecule is CCC(C)(C)CC.CCC(C)(C)CC.CCC(C)(C)CC.CCC(C)(C)CC. The van der Waals surface area contributed by atoms with E-state index in [1.807, 2.05) is 0 Å². The second-order valence-electron chi connectivity index (χ2n) is 11.5. The van der Waals surface area contributed by atoms with E-state index in [4.69, 9.17) is 0 Å². The summed E-state index contributed by atoms with van der Waals surface area (Å²) in [5.74, 6) is 0. The highest BCUT2D eigenvalue weighted by atomic mass is 14.2. The maximum atomic E-state index is 2.30. The standard InChI is InChI=1S/4C7H16/c4*1-5-7(3,4)6-2/h4*5-6H2,1-4H3. The first-order valence-corrected chi connectivity index (χ1v) is 12.5. The molecule has 0 spiro atoms. The van der Waals surface area contributed by atoms with Crippen LogP contribution in [0.4, 0.5) is 0 Å². The van der Waals surface area contributed by atoms with Crippen LogP contribution in [-0.4, -0.2) is 0 Å². The van der Waals surface area contributed by atoms with Gasteiger partial charge in [0.25, 0.3) is 0 Å². The van der Waals surface area contributed by atoms with Crippen LogP contribution in [0.3, 0.4) is 0 Å². The number of rotatable bonds is 8. The van der Waals surface area contributed by atoms with Crippen LogP contribution in [0.1, 0.15) is 162 Å². The maximum Gasteiger partial charge on any atom is -0.0359 e. The van der Waals surface area contributed by atoms with Crippen LogP contribution in [0.25, 0.3) is 0 Å². The number of hydrogen-bond acceptors (Lipinski definition) is 0. The van der Waals surface area contributed by atoms with E-state index in [9.17, 15) is 0 Å². The van der Waals surface area contributed by atoms with Crippen molar-refractivity contribution >= 4 is 0 Å². The summed E-state index contributed by atoms with van der Waals surface area (Å²) in [6.45, 7) is 36.3. The summed E-state index contributed by atoms with van der Waals surface area (Å²) in [7, 11) is 0. The van der Waals surface area contributed by atoms with Gasteiger partial charge in [-0.3, -0.25) is 0 Å². The predicted molar refractivity (Wildman–Crippen MR) is 137 cm³/mol. The van der Waals surface area contributed by atoms with Gasteiger partial charge >= 0.3 is 0 Å². The average molecular weight is 401 g/mol.